The SMILES string of the molecule is O=C(O)c1ccc(C(=O)c2ccccc2N(Cc2ccccc2)Cc2ccccc2O)cc1. The van der Waals surface area contributed by atoms with Crippen LogP contribution in [0.5, 0.6) is 5.75 Å². The molecule has 2 N–H and O–H groups in total. The number of aromatic carboxylic acids is 1. The third-order valence-electron chi connectivity index (χ3n) is 5.45. The molecule has 164 valence electrons. The second-order valence-corrected chi connectivity index (χ2v) is 7.70. The molecule has 0 bridgehead atoms. The number of phenolic OH excluding ortho intramolecular Hbond substituents is 1. The normalized spacial score (nSPS) is 10.5. The van der Waals surface area contributed by atoms with E-state index in [0.29, 0.717) is 24.2 Å². The van der Waals surface area contributed by atoms with E-state index in [2.05, 4.69) is 4.90 Å². The standard InChI is InChI=1S/C28H23NO4/c30-26-13-7-4-10-23(26)19-29(18-20-8-2-1-3-9-20)25-12-6-5-11-24(25)27(31)21-14-16-22(17-15-21)28(32)33/h1-17,30H,18-19H2,(H,32,33). The van der Waals surface area contributed by atoms with E-state index in [9.17, 15) is 14.7 Å². The summed E-state index contributed by atoms with van der Waals surface area (Å²) in [5, 5.41) is 19.5. The number of carbonyl (C=O) groups excluding carboxylic acids is 1. The summed E-state index contributed by atoms with van der Waals surface area (Å²) < 4.78 is 0. The largest absolute Gasteiger partial charge is 0.508 e. The molecule has 33 heavy (non-hydrogen) atoms. The van der Waals surface area contributed by atoms with Crippen molar-refractivity contribution in [2.24, 2.45) is 0 Å². The van der Waals surface area contributed by atoms with Crippen LogP contribution in [0.4, 0.5) is 5.69 Å². The van der Waals surface area contributed by atoms with Crippen LogP contribution in [0.2, 0.25) is 0 Å². The number of hydrogen-bond acceptors (Lipinski definition) is 4. The van der Waals surface area contributed by atoms with Gasteiger partial charge in [0.1, 0.15) is 5.75 Å². The second-order valence-electron chi connectivity index (χ2n) is 7.70. The number of phenols is 1. The van der Waals surface area contributed by atoms with Crippen molar-refractivity contribution in [3.8, 4) is 5.75 Å². The fourth-order valence-electron chi connectivity index (χ4n) is 3.74. The van der Waals surface area contributed by atoms with Crippen LogP contribution < -0.4 is 4.90 Å². The van der Waals surface area contributed by atoms with E-state index in [1.807, 2.05) is 60.7 Å². The fourth-order valence-corrected chi connectivity index (χ4v) is 3.74. The first-order chi connectivity index (χ1) is 16.0. The van der Waals surface area contributed by atoms with Gasteiger partial charge in [0.25, 0.3) is 0 Å². The minimum atomic E-state index is -1.04. The number of ketones is 1. The average Bonchev–Trinajstić information content (AvgIpc) is 2.85. The molecule has 4 rings (SSSR count). The Morgan fingerprint density at radius 1 is 0.667 bits per heavy atom. The maximum Gasteiger partial charge on any atom is 0.335 e. The quantitative estimate of drug-likeness (QED) is 0.355. The predicted octanol–water partition coefficient (Wildman–Crippen LogP) is 5.53. The van der Waals surface area contributed by atoms with Gasteiger partial charge in [-0.05, 0) is 35.9 Å². The number of aromatic hydroxyl groups is 1. The molecule has 0 saturated carbocycles. The summed E-state index contributed by atoms with van der Waals surface area (Å²) in [7, 11) is 0. The molecule has 0 saturated heterocycles. The van der Waals surface area contributed by atoms with E-state index in [1.54, 1.807) is 18.2 Å². The Kier molecular flexibility index (Phi) is 6.51. The lowest BCUT2D eigenvalue weighted by atomic mass is 9.99. The van der Waals surface area contributed by atoms with E-state index in [4.69, 9.17) is 5.11 Å². The van der Waals surface area contributed by atoms with Crippen LogP contribution >= 0.6 is 0 Å². The molecule has 4 aromatic carbocycles. The predicted molar refractivity (Wildman–Crippen MR) is 128 cm³/mol. The third-order valence-corrected chi connectivity index (χ3v) is 5.45. The van der Waals surface area contributed by atoms with Crippen LogP contribution in [0, 0.1) is 0 Å². The number of rotatable bonds is 8. The number of anilines is 1. The Labute approximate surface area is 192 Å². The molecule has 0 unspecified atom stereocenters. The van der Waals surface area contributed by atoms with Crippen LogP contribution in [-0.2, 0) is 13.1 Å². The van der Waals surface area contributed by atoms with Gasteiger partial charge in [-0.1, -0.05) is 72.8 Å². The molecule has 5 heteroatoms. The highest BCUT2D eigenvalue weighted by Gasteiger charge is 2.19. The van der Waals surface area contributed by atoms with Crippen molar-refractivity contribution >= 4 is 17.4 Å². The van der Waals surface area contributed by atoms with Gasteiger partial charge in [0.2, 0.25) is 0 Å². The molecule has 0 aliphatic carbocycles. The van der Waals surface area contributed by atoms with Crippen molar-refractivity contribution in [3.63, 3.8) is 0 Å². The highest BCUT2D eigenvalue weighted by atomic mass is 16.4. The smallest absolute Gasteiger partial charge is 0.335 e. The van der Waals surface area contributed by atoms with Gasteiger partial charge in [0.05, 0.1) is 5.56 Å². The van der Waals surface area contributed by atoms with E-state index >= 15 is 0 Å². The lowest BCUT2D eigenvalue weighted by Gasteiger charge is -2.27. The lowest BCUT2D eigenvalue weighted by molar-refractivity contribution is 0.0696. The lowest BCUT2D eigenvalue weighted by Crippen LogP contribution is -2.24. The molecule has 0 heterocycles. The first-order valence-corrected chi connectivity index (χ1v) is 10.6. The maximum atomic E-state index is 13.4. The van der Waals surface area contributed by atoms with Crippen LogP contribution in [0.3, 0.4) is 0 Å². The van der Waals surface area contributed by atoms with Gasteiger partial charge in [0, 0.05) is 35.5 Å². The van der Waals surface area contributed by atoms with Crippen LogP contribution in [0.25, 0.3) is 0 Å². The van der Waals surface area contributed by atoms with E-state index in [0.717, 1.165) is 16.8 Å². The summed E-state index contributed by atoms with van der Waals surface area (Å²) in [6.07, 6.45) is 0. The molecule has 0 aromatic heterocycles. The second kappa shape index (κ2) is 9.83. The minimum Gasteiger partial charge on any atom is -0.508 e. The molecule has 4 aromatic rings. The third kappa shape index (κ3) is 5.10. The topological polar surface area (TPSA) is 77.8 Å². The van der Waals surface area contributed by atoms with E-state index < -0.39 is 5.97 Å². The van der Waals surface area contributed by atoms with Gasteiger partial charge in [-0.2, -0.15) is 0 Å². The summed E-state index contributed by atoms with van der Waals surface area (Å²) in [4.78, 5) is 26.6. The molecule has 0 fully saturated rings. The summed E-state index contributed by atoms with van der Waals surface area (Å²) in [5.41, 5.74) is 3.60. The Bertz CT molecular complexity index is 1270. The van der Waals surface area contributed by atoms with Crippen LogP contribution in [0.1, 0.15) is 37.4 Å². The van der Waals surface area contributed by atoms with Gasteiger partial charge in [-0.15, -0.1) is 0 Å². The van der Waals surface area contributed by atoms with E-state index in [1.165, 1.54) is 24.3 Å². The van der Waals surface area contributed by atoms with Gasteiger partial charge in [-0.25, -0.2) is 4.79 Å². The highest BCUT2D eigenvalue weighted by molar-refractivity contribution is 6.12. The van der Waals surface area contributed by atoms with E-state index in [-0.39, 0.29) is 17.1 Å². The zero-order valence-corrected chi connectivity index (χ0v) is 17.9. The zero-order valence-electron chi connectivity index (χ0n) is 17.9. The molecule has 0 atom stereocenters. The van der Waals surface area contributed by atoms with Crippen molar-refractivity contribution in [1.29, 1.82) is 0 Å². The Morgan fingerprint density at radius 2 is 1.27 bits per heavy atom. The molecular weight excluding hydrogens is 414 g/mol. The molecule has 0 spiro atoms. The monoisotopic (exact) mass is 437 g/mol. The summed E-state index contributed by atoms with van der Waals surface area (Å²) in [6.45, 7) is 0.946. The first kappa shape index (κ1) is 21.8. The van der Waals surface area contributed by atoms with Crippen molar-refractivity contribution in [3.05, 3.63) is 131 Å². The molecule has 0 aliphatic rings. The fraction of sp³-hybridized carbons (Fsp3) is 0.0714. The average molecular weight is 437 g/mol. The summed E-state index contributed by atoms with van der Waals surface area (Å²) in [5.74, 6) is -1.03. The van der Waals surface area contributed by atoms with Crippen LogP contribution in [0.15, 0.2) is 103 Å². The zero-order chi connectivity index (χ0) is 23.2. The highest BCUT2D eigenvalue weighted by Crippen LogP contribution is 2.29. The number of benzene rings is 4. The molecule has 5 nitrogen and oxygen atoms in total. The Morgan fingerprint density at radius 3 is 1.97 bits per heavy atom. The summed E-state index contributed by atoms with van der Waals surface area (Å²) >= 11 is 0. The summed E-state index contributed by atoms with van der Waals surface area (Å²) in [6, 6.07) is 30.4. The Hall–Kier alpha value is -4.38. The number of nitrogens with zero attached hydrogens (tertiary/aromatic N) is 1. The minimum absolute atomic E-state index is 0.130. The number of carbonyl (C=O) groups is 2. The van der Waals surface area contributed by atoms with Gasteiger partial charge in [-0.3, -0.25) is 4.79 Å². The Balaban J connectivity index is 1.73. The number of para-hydroxylation sites is 2. The number of carboxylic acid groups (broad SMARTS) is 1. The van der Waals surface area contributed by atoms with Gasteiger partial charge in [0.15, 0.2) is 5.78 Å². The van der Waals surface area contributed by atoms with Crippen molar-refractivity contribution in [2.75, 3.05) is 4.90 Å². The van der Waals surface area contributed by atoms with Crippen molar-refractivity contribution < 1.29 is 19.8 Å². The number of carboxylic acids is 1. The van der Waals surface area contributed by atoms with Gasteiger partial charge < -0.3 is 15.1 Å². The van der Waals surface area contributed by atoms with Gasteiger partial charge >= 0.3 is 5.97 Å². The molecule has 0 amide bonds. The molecule has 0 radical (unpaired) electrons. The van der Waals surface area contributed by atoms with Crippen molar-refractivity contribution in [2.45, 2.75) is 13.1 Å². The molecule has 0 aliphatic heterocycles. The van der Waals surface area contributed by atoms with Crippen molar-refractivity contribution in [1.82, 2.24) is 0 Å². The van der Waals surface area contributed by atoms with Crippen LogP contribution in [-0.4, -0.2) is 22.0 Å². The first-order valence-electron chi connectivity index (χ1n) is 10.6. The number of hydrogen-bond donors (Lipinski definition) is 2. The maximum absolute atomic E-state index is 13.4. The molecular formula is C28H23NO4.